The predicted molar refractivity (Wildman–Crippen MR) is 158 cm³/mol. The molecular formula is C28H39BrN6O2. The first-order chi connectivity index (χ1) is 17.9. The van der Waals surface area contributed by atoms with Crippen molar-refractivity contribution in [2.45, 2.75) is 46.6 Å². The minimum Gasteiger partial charge on any atom is -0.462 e. The Kier molecular flexibility index (Phi) is 12.9. The topological polar surface area (TPSA) is 91.4 Å². The summed E-state index contributed by atoms with van der Waals surface area (Å²) in [5.74, 6) is 2.34. The Morgan fingerprint density at radius 1 is 1.22 bits per heavy atom. The normalized spacial score (nSPS) is 15.1. The lowest BCUT2D eigenvalue weighted by molar-refractivity contribution is 0.112. The van der Waals surface area contributed by atoms with E-state index in [4.69, 9.17) is 4.74 Å². The average molecular weight is 572 g/mol. The largest absolute Gasteiger partial charge is 0.462 e. The molecule has 1 aromatic heterocycles. The van der Waals surface area contributed by atoms with Gasteiger partial charge in [0.1, 0.15) is 17.3 Å². The Labute approximate surface area is 229 Å². The monoisotopic (exact) mass is 570 g/mol. The Morgan fingerprint density at radius 2 is 1.95 bits per heavy atom. The molecule has 1 aromatic carbocycles. The van der Waals surface area contributed by atoms with Crippen LogP contribution in [0, 0.1) is 0 Å². The summed E-state index contributed by atoms with van der Waals surface area (Å²) < 4.78 is 6.56. The third-order valence-corrected chi connectivity index (χ3v) is 6.12. The van der Waals surface area contributed by atoms with Gasteiger partial charge >= 0.3 is 0 Å². The number of hydrogen-bond acceptors (Lipinski definition) is 8. The SMILES string of the molecule is C/C=C\C=C(/C)Oc1cccc(Nc2nc(NC3CCN(C)CC3)nc(/C(Br)=C\NC)c2C=O)c1.CC. The van der Waals surface area contributed by atoms with Crippen molar-refractivity contribution < 1.29 is 9.53 Å². The van der Waals surface area contributed by atoms with Gasteiger partial charge in [-0.2, -0.15) is 4.98 Å². The van der Waals surface area contributed by atoms with Gasteiger partial charge in [-0.1, -0.05) is 32.1 Å². The molecule has 0 amide bonds. The third kappa shape index (κ3) is 9.33. The molecule has 0 saturated carbocycles. The van der Waals surface area contributed by atoms with Crippen LogP contribution in [-0.2, 0) is 0 Å². The average Bonchev–Trinajstić information content (AvgIpc) is 2.90. The number of carbonyl (C=O) groups is 1. The Morgan fingerprint density at radius 3 is 2.59 bits per heavy atom. The molecule has 1 fully saturated rings. The summed E-state index contributed by atoms with van der Waals surface area (Å²) in [6.07, 6.45) is 10.3. The van der Waals surface area contributed by atoms with E-state index in [0.717, 1.165) is 43.7 Å². The summed E-state index contributed by atoms with van der Waals surface area (Å²) in [5, 5.41) is 9.73. The van der Waals surface area contributed by atoms with E-state index >= 15 is 0 Å². The van der Waals surface area contributed by atoms with Crippen molar-refractivity contribution in [1.82, 2.24) is 20.2 Å². The van der Waals surface area contributed by atoms with Gasteiger partial charge in [-0.05, 0) is 81.0 Å². The fraction of sp³-hybridized carbons (Fsp3) is 0.393. The quantitative estimate of drug-likeness (QED) is 0.173. The van der Waals surface area contributed by atoms with E-state index in [2.05, 4.69) is 53.8 Å². The maximum Gasteiger partial charge on any atom is 0.225 e. The van der Waals surface area contributed by atoms with Crippen LogP contribution >= 0.6 is 15.9 Å². The van der Waals surface area contributed by atoms with Crippen LogP contribution in [0.4, 0.5) is 17.5 Å². The fourth-order valence-corrected chi connectivity index (χ4v) is 4.21. The number of benzene rings is 1. The number of carbonyl (C=O) groups excluding carboxylic acids is 1. The molecule has 1 saturated heterocycles. The van der Waals surface area contributed by atoms with E-state index in [1.54, 1.807) is 13.2 Å². The highest BCUT2D eigenvalue weighted by atomic mass is 79.9. The highest BCUT2D eigenvalue weighted by Gasteiger charge is 2.21. The second kappa shape index (κ2) is 15.8. The Balaban J connectivity index is 0.00000235. The number of nitrogens with one attached hydrogen (secondary N) is 3. The Hall–Kier alpha value is -3.17. The molecule has 200 valence electrons. The smallest absolute Gasteiger partial charge is 0.225 e. The van der Waals surface area contributed by atoms with Crippen molar-refractivity contribution >= 4 is 44.2 Å². The van der Waals surface area contributed by atoms with Crippen LogP contribution in [0.1, 0.15) is 56.6 Å². The summed E-state index contributed by atoms with van der Waals surface area (Å²) in [4.78, 5) is 23.8. The molecule has 0 spiro atoms. The molecular weight excluding hydrogens is 532 g/mol. The molecule has 3 rings (SSSR count). The van der Waals surface area contributed by atoms with Gasteiger partial charge in [-0.15, -0.1) is 0 Å². The first kappa shape index (κ1) is 30.1. The standard InChI is InChI=1S/C26H33BrN6O2.C2H6/c1-5-6-8-18(2)35-21-10-7-9-20(15-21)29-25-22(17-34)24(23(27)16-28-3)31-26(32-25)30-19-11-13-33(4)14-12-19;1-2/h5-10,15-17,19,28H,11-14H2,1-4H3,(H2,29,30,31,32);1-2H3/b6-5-,18-8+,23-16+;. The van der Waals surface area contributed by atoms with E-state index in [1.807, 2.05) is 70.2 Å². The molecule has 37 heavy (non-hydrogen) atoms. The van der Waals surface area contributed by atoms with Crippen LogP contribution in [-0.4, -0.2) is 54.4 Å². The molecule has 1 aliphatic rings. The highest BCUT2D eigenvalue weighted by Crippen LogP contribution is 2.30. The van der Waals surface area contributed by atoms with Crippen molar-refractivity contribution in [2.75, 3.05) is 37.8 Å². The molecule has 8 nitrogen and oxygen atoms in total. The van der Waals surface area contributed by atoms with Gasteiger partial charge in [-0.25, -0.2) is 4.98 Å². The molecule has 0 aliphatic carbocycles. The van der Waals surface area contributed by atoms with Crippen molar-refractivity contribution in [3.8, 4) is 5.75 Å². The third-order valence-electron chi connectivity index (χ3n) is 5.51. The van der Waals surface area contributed by atoms with Gasteiger partial charge in [0.2, 0.25) is 5.95 Å². The number of aldehydes is 1. The molecule has 0 bridgehead atoms. The van der Waals surface area contributed by atoms with Crippen LogP contribution < -0.4 is 20.7 Å². The molecule has 0 radical (unpaired) electrons. The highest BCUT2D eigenvalue weighted by molar-refractivity contribution is 9.15. The summed E-state index contributed by atoms with van der Waals surface area (Å²) in [6.45, 7) is 9.88. The van der Waals surface area contributed by atoms with E-state index < -0.39 is 0 Å². The van der Waals surface area contributed by atoms with Crippen molar-refractivity contribution in [3.05, 3.63) is 65.7 Å². The number of aromatic nitrogens is 2. The molecule has 2 heterocycles. The maximum absolute atomic E-state index is 12.1. The number of anilines is 3. The number of nitrogens with zero attached hydrogens (tertiary/aromatic N) is 3. The first-order valence-corrected chi connectivity index (χ1v) is 13.4. The van der Waals surface area contributed by atoms with Gasteiger partial charge in [0.05, 0.1) is 15.7 Å². The zero-order chi connectivity index (χ0) is 27.2. The second-order valence-corrected chi connectivity index (χ2v) is 9.19. The number of halogens is 1. The number of hydrogen-bond donors (Lipinski definition) is 3. The maximum atomic E-state index is 12.1. The Bertz CT molecular complexity index is 1110. The summed E-state index contributed by atoms with van der Waals surface area (Å²) in [5.41, 5.74) is 1.60. The van der Waals surface area contributed by atoms with Crippen LogP contribution in [0.15, 0.2) is 54.5 Å². The van der Waals surface area contributed by atoms with E-state index in [9.17, 15) is 4.79 Å². The van der Waals surface area contributed by atoms with E-state index in [1.165, 1.54) is 0 Å². The fourth-order valence-electron chi connectivity index (χ4n) is 3.68. The van der Waals surface area contributed by atoms with Crippen molar-refractivity contribution in [3.63, 3.8) is 0 Å². The van der Waals surface area contributed by atoms with Gasteiger partial charge in [0.15, 0.2) is 6.29 Å². The minimum atomic E-state index is 0.268. The van der Waals surface area contributed by atoms with Crippen LogP contribution in [0.2, 0.25) is 0 Å². The van der Waals surface area contributed by atoms with Crippen LogP contribution in [0.5, 0.6) is 5.75 Å². The van der Waals surface area contributed by atoms with Gasteiger partial charge in [-0.3, -0.25) is 4.79 Å². The molecule has 1 aliphatic heterocycles. The zero-order valence-electron chi connectivity index (χ0n) is 22.6. The van der Waals surface area contributed by atoms with Crippen LogP contribution in [0.25, 0.3) is 4.48 Å². The lowest BCUT2D eigenvalue weighted by atomic mass is 10.1. The van der Waals surface area contributed by atoms with Gasteiger partial charge in [0.25, 0.3) is 0 Å². The second-order valence-electron chi connectivity index (χ2n) is 8.34. The van der Waals surface area contributed by atoms with Crippen molar-refractivity contribution in [2.24, 2.45) is 0 Å². The van der Waals surface area contributed by atoms with Gasteiger partial charge < -0.3 is 25.6 Å². The first-order valence-electron chi connectivity index (χ1n) is 12.6. The van der Waals surface area contributed by atoms with Gasteiger partial charge in [0, 0.05) is 31.0 Å². The molecule has 2 aromatic rings. The van der Waals surface area contributed by atoms with E-state index in [-0.39, 0.29) is 6.04 Å². The number of piperidine rings is 1. The minimum absolute atomic E-state index is 0.268. The number of ether oxygens (including phenoxy) is 1. The van der Waals surface area contributed by atoms with Crippen LogP contribution in [0.3, 0.4) is 0 Å². The molecule has 3 N–H and O–H groups in total. The lowest BCUT2D eigenvalue weighted by Crippen LogP contribution is -2.37. The molecule has 0 unspecified atom stereocenters. The number of rotatable bonds is 10. The summed E-state index contributed by atoms with van der Waals surface area (Å²) in [7, 11) is 3.92. The number of allylic oxidation sites excluding steroid dienone is 4. The number of likely N-dealkylation sites (tertiary alicyclic amines) is 1. The summed E-state index contributed by atoms with van der Waals surface area (Å²) >= 11 is 3.54. The summed E-state index contributed by atoms with van der Waals surface area (Å²) in [6, 6.07) is 7.80. The van der Waals surface area contributed by atoms with Crippen molar-refractivity contribution in [1.29, 1.82) is 0 Å². The zero-order valence-corrected chi connectivity index (χ0v) is 24.2. The lowest BCUT2D eigenvalue weighted by Gasteiger charge is -2.29. The van der Waals surface area contributed by atoms with E-state index in [0.29, 0.717) is 33.3 Å². The molecule has 0 atom stereocenters. The molecule has 9 heteroatoms. The predicted octanol–water partition coefficient (Wildman–Crippen LogP) is 6.34.